The van der Waals surface area contributed by atoms with Crippen LogP contribution in [-0.2, 0) is 17.8 Å². The Morgan fingerprint density at radius 2 is 2.09 bits per heavy atom. The molecule has 1 amide bonds. The molecule has 0 saturated carbocycles. The maximum absolute atomic E-state index is 13.9. The minimum absolute atomic E-state index is 0.0603. The van der Waals surface area contributed by atoms with Crippen molar-refractivity contribution in [3.05, 3.63) is 47.2 Å². The molecule has 4 rings (SSSR count). The molecule has 3 heterocycles. The predicted molar refractivity (Wildman–Crippen MR) is 121 cm³/mol. The number of rotatable bonds is 6. The topological polar surface area (TPSA) is 61.8 Å². The highest BCUT2D eigenvalue weighted by atomic mass is 19.1. The van der Waals surface area contributed by atoms with Crippen LogP contribution in [-0.4, -0.2) is 72.6 Å². The van der Waals surface area contributed by atoms with Gasteiger partial charge in [0, 0.05) is 45.0 Å². The summed E-state index contributed by atoms with van der Waals surface area (Å²) in [4.78, 5) is 28.2. The molecule has 7 nitrogen and oxygen atoms in total. The monoisotopic (exact) mass is 441 g/mol. The summed E-state index contributed by atoms with van der Waals surface area (Å²) in [5.41, 5.74) is 2.05. The van der Waals surface area contributed by atoms with E-state index in [9.17, 15) is 9.18 Å². The first-order valence-corrected chi connectivity index (χ1v) is 11.3. The Bertz CT molecular complexity index is 969. The molecule has 1 aromatic heterocycles. The van der Waals surface area contributed by atoms with Crippen LogP contribution in [0, 0.1) is 5.82 Å². The van der Waals surface area contributed by atoms with E-state index in [2.05, 4.69) is 11.9 Å². The summed E-state index contributed by atoms with van der Waals surface area (Å²) in [6, 6.07) is 6.42. The number of amides is 1. The number of likely N-dealkylation sites (N-methyl/N-ethyl adjacent to an activating group) is 2. The van der Waals surface area contributed by atoms with Crippen molar-refractivity contribution in [2.24, 2.45) is 0 Å². The van der Waals surface area contributed by atoms with Crippen LogP contribution in [0.1, 0.15) is 42.8 Å². The molecule has 0 unspecified atom stereocenters. The van der Waals surface area contributed by atoms with E-state index >= 15 is 0 Å². The number of carbonyl (C=O) groups excluding carboxylic acids is 1. The van der Waals surface area contributed by atoms with Gasteiger partial charge in [0.25, 0.3) is 0 Å². The van der Waals surface area contributed by atoms with Gasteiger partial charge in [-0.15, -0.1) is 0 Å². The molecular formula is C24H32FN5O2. The number of nitrogens with zero attached hydrogens (tertiary/aromatic N) is 5. The third-order valence-electron chi connectivity index (χ3n) is 6.37. The zero-order chi connectivity index (χ0) is 22.7. The average molecular weight is 442 g/mol. The minimum atomic E-state index is -0.365. The normalized spacial score (nSPS) is 18.9. The summed E-state index contributed by atoms with van der Waals surface area (Å²) < 4.78 is 19.5. The third kappa shape index (κ3) is 5.01. The van der Waals surface area contributed by atoms with Crippen LogP contribution in [0.25, 0.3) is 0 Å². The second-order valence-electron chi connectivity index (χ2n) is 8.82. The summed E-state index contributed by atoms with van der Waals surface area (Å²) in [5, 5.41) is 0. The number of piperidine rings is 1. The van der Waals surface area contributed by atoms with E-state index in [1.165, 1.54) is 6.07 Å². The fourth-order valence-corrected chi connectivity index (χ4v) is 4.52. The Labute approximate surface area is 189 Å². The molecule has 0 spiro atoms. The van der Waals surface area contributed by atoms with Crippen molar-refractivity contribution in [3.63, 3.8) is 0 Å². The summed E-state index contributed by atoms with van der Waals surface area (Å²) in [5.74, 6) is 2.00. The van der Waals surface area contributed by atoms with Crippen LogP contribution in [0.3, 0.4) is 0 Å². The molecule has 32 heavy (non-hydrogen) atoms. The first kappa shape index (κ1) is 22.5. The van der Waals surface area contributed by atoms with Gasteiger partial charge in [0.15, 0.2) is 11.6 Å². The summed E-state index contributed by atoms with van der Waals surface area (Å²) in [6.07, 6.45) is 2.96. The number of hydrogen-bond acceptors (Lipinski definition) is 6. The van der Waals surface area contributed by atoms with Crippen molar-refractivity contribution in [3.8, 4) is 5.75 Å². The Kier molecular flexibility index (Phi) is 6.89. The standard InChI is InChI=1S/C24H32FN5O2/c1-17(31)30-12-10-21-19(16-30)24(27-23(26-21)18-7-6-11-28(2)15-18)29(3)13-14-32-22-9-5-4-8-20(22)25/h4-5,8-9,18H,6-7,10-16H2,1-3H3/t18-/m1/s1. The van der Waals surface area contributed by atoms with Crippen molar-refractivity contribution >= 4 is 11.7 Å². The maximum Gasteiger partial charge on any atom is 0.219 e. The predicted octanol–water partition coefficient (Wildman–Crippen LogP) is 2.84. The van der Waals surface area contributed by atoms with Crippen LogP contribution in [0.15, 0.2) is 24.3 Å². The van der Waals surface area contributed by atoms with E-state index in [0.29, 0.717) is 32.2 Å². The zero-order valence-electron chi connectivity index (χ0n) is 19.2. The van der Waals surface area contributed by atoms with Gasteiger partial charge in [-0.05, 0) is 38.6 Å². The molecule has 2 aliphatic rings. The molecular weight excluding hydrogens is 409 g/mol. The van der Waals surface area contributed by atoms with Gasteiger partial charge in [0.1, 0.15) is 18.2 Å². The second kappa shape index (κ2) is 9.81. The molecule has 0 aliphatic carbocycles. The van der Waals surface area contributed by atoms with E-state index in [4.69, 9.17) is 14.7 Å². The SMILES string of the molecule is CC(=O)N1CCc2nc([C@@H]3CCCN(C)C3)nc(N(C)CCOc3ccccc3F)c2C1. The van der Waals surface area contributed by atoms with Gasteiger partial charge in [0.2, 0.25) is 5.91 Å². The van der Waals surface area contributed by atoms with Gasteiger partial charge >= 0.3 is 0 Å². The van der Waals surface area contributed by atoms with Gasteiger partial charge in [-0.1, -0.05) is 12.1 Å². The minimum Gasteiger partial charge on any atom is -0.489 e. The number of anilines is 1. The van der Waals surface area contributed by atoms with E-state index in [1.54, 1.807) is 25.1 Å². The maximum atomic E-state index is 13.9. The lowest BCUT2D eigenvalue weighted by molar-refractivity contribution is -0.129. The molecule has 1 aromatic carbocycles. The zero-order valence-corrected chi connectivity index (χ0v) is 19.2. The van der Waals surface area contributed by atoms with Crippen molar-refractivity contribution < 1.29 is 13.9 Å². The molecule has 0 radical (unpaired) electrons. The van der Waals surface area contributed by atoms with Gasteiger partial charge in [-0.2, -0.15) is 0 Å². The second-order valence-corrected chi connectivity index (χ2v) is 8.82. The average Bonchev–Trinajstić information content (AvgIpc) is 2.79. The molecule has 0 N–H and O–H groups in total. The Morgan fingerprint density at radius 3 is 2.84 bits per heavy atom. The van der Waals surface area contributed by atoms with Gasteiger partial charge in [-0.3, -0.25) is 4.79 Å². The van der Waals surface area contributed by atoms with Gasteiger partial charge in [-0.25, -0.2) is 14.4 Å². The number of benzene rings is 1. The molecule has 2 aromatic rings. The molecule has 172 valence electrons. The first-order chi connectivity index (χ1) is 15.4. The van der Waals surface area contributed by atoms with E-state index in [1.807, 2.05) is 16.8 Å². The highest BCUT2D eigenvalue weighted by molar-refractivity contribution is 5.74. The third-order valence-corrected chi connectivity index (χ3v) is 6.37. The molecule has 8 heteroatoms. The van der Waals surface area contributed by atoms with Crippen LogP contribution < -0.4 is 9.64 Å². The quantitative estimate of drug-likeness (QED) is 0.687. The summed E-state index contributed by atoms with van der Waals surface area (Å²) in [6.45, 7) is 5.74. The number of likely N-dealkylation sites (tertiary alicyclic amines) is 1. The molecule has 1 saturated heterocycles. The number of ether oxygens (including phenoxy) is 1. The lowest BCUT2D eigenvalue weighted by Gasteiger charge is -2.33. The van der Waals surface area contributed by atoms with Crippen molar-refractivity contribution in [2.75, 3.05) is 51.8 Å². The van der Waals surface area contributed by atoms with E-state index in [0.717, 1.165) is 55.3 Å². The lowest BCUT2D eigenvalue weighted by atomic mass is 9.96. The van der Waals surface area contributed by atoms with Crippen LogP contribution >= 0.6 is 0 Å². The number of halogens is 1. The summed E-state index contributed by atoms with van der Waals surface area (Å²) >= 11 is 0. The van der Waals surface area contributed by atoms with Crippen LogP contribution in [0.2, 0.25) is 0 Å². The lowest BCUT2D eigenvalue weighted by Crippen LogP contribution is -2.38. The molecule has 1 atom stereocenters. The highest BCUT2D eigenvalue weighted by Gasteiger charge is 2.28. The number of aromatic nitrogens is 2. The molecule has 1 fully saturated rings. The van der Waals surface area contributed by atoms with Crippen LogP contribution in [0.4, 0.5) is 10.2 Å². The van der Waals surface area contributed by atoms with Crippen LogP contribution in [0.5, 0.6) is 5.75 Å². The number of para-hydroxylation sites is 1. The van der Waals surface area contributed by atoms with Gasteiger partial charge in [0.05, 0.1) is 18.8 Å². The smallest absolute Gasteiger partial charge is 0.219 e. The Hall–Kier alpha value is -2.74. The highest BCUT2D eigenvalue weighted by Crippen LogP contribution is 2.31. The van der Waals surface area contributed by atoms with Crippen molar-refractivity contribution in [1.82, 2.24) is 19.8 Å². The number of fused-ring (bicyclic) bond motifs is 1. The van der Waals surface area contributed by atoms with E-state index < -0.39 is 0 Å². The Balaban J connectivity index is 1.57. The first-order valence-electron chi connectivity index (χ1n) is 11.3. The largest absolute Gasteiger partial charge is 0.489 e. The number of carbonyl (C=O) groups is 1. The number of hydrogen-bond donors (Lipinski definition) is 0. The molecule has 2 aliphatic heterocycles. The van der Waals surface area contributed by atoms with Crippen molar-refractivity contribution in [1.29, 1.82) is 0 Å². The fraction of sp³-hybridized carbons (Fsp3) is 0.542. The van der Waals surface area contributed by atoms with E-state index in [-0.39, 0.29) is 17.5 Å². The summed E-state index contributed by atoms with van der Waals surface area (Å²) in [7, 11) is 4.11. The molecule has 0 bridgehead atoms. The fourth-order valence-electron chi connectivity index (χ4n) is 4.52. The Morgan fingerprint density at radius 1 is 1.28 bits per heavy atom. The van der Waals surface area contributed by atoms with Gasteiger partial charge < -0.3 is 19.4 Å². The van der Waals surface area contributed by atoms with Crippen molar-refractivity contribution in [2.45, 2.75) is 38.6 Å².